The van der Waals surface area contributed by atoms with E-state index >= 15 is 0 Å². The Labute approximate surface area is 285 Å². The van der Waals surface area contributed by atoms with Crippen molar-refractivity contribution in [3.05, 3.63) is 88.7 Å². The Morgan fingerprint density at radius 3 is 2.60 bits per heavy atom. The largest absolute Gasteiger partial charge is 0.507 e. The van der Waals surface area contributed by atoms with Crippen molar-refractivity contribution in [1.82, 2.24) is 10.2 Å². The number of ether oxygens (including phenoxy) is 4. The summed E-state index contributed by atoms with van der Waals surface area (Å²) >= 11 is 2.36. The third kappa shape index (κ3) is 6.97. The Balaban J connectivity index is 1.40. The summed E-state index contributed by atoms with van der Waals surface area (Å²) in [7, 11) is 0. The molecule has 250 valence electrons. The summed E-state index contributed by atoms with van der Waals surface area (Å²) in [4.78, 5) is 28.8. The van der Waals surface area contributed by atoms with Gasteiger partial charge in [-0.1, -0.05) is 67.1 Å². The smallest absolute Gasteiger partial charge is 0.301 e. The first kappa shape index (κ1) is 33.3. The number of anilines is 1. The molecule has 3 heterocycles. The molecule has 2 aliphatic rings. The van der Waals surface area contributed by atoms with Crippen molar-refractivity contribution in [2.45, 2.75) is 49.2 Å². The SMILES string of the molecule is CCCCCOc1ccc([C@@H]2C(=C(O)c3ccc4c(c3)OCCO4)C(=O)C(=O)N2c2nnc(SCc3ccccc3F)s2)cc1OCC. The lowest BCUT2D eigenvalue weighted by Crippen LogP contribution is -2.29. The number of halogens is 1. The molecule has 1 atom stereocenters. The van der Waals surface area contributed by atoms with Crippen LogP contribution in [0.3, 0.4) is 0 Å². The lowest BCUT2D eigenvalue weighted by atomic mass is 9.95. The first-order valence-electron chi connectivity index (χ1n) is 15.7. The normalized spacial score (nSPS) is 16.7. The Morgan fingerprint density at radius 2 is 1.81 bits per heavy atom. The van der Waals surface area contributed by atoms with Crippen molar-refractivity contribution in [3.63, 3.8) is 0 Å². The molecule has 2 aliphatic heterocycles. The number of carbonyl (C=O) groups excluding carboxylic acids is 2. The molecule has 0 saturated carbocycles. The highest BCUT2D eigenvalue weighted by Crippen LogP contribution is 2.46. The zero-order valence-electron chi connectivity index (χ0n) is 26.4. The van der Waals surface area contributed by atoms with Gasteiger partial charge in [-0.05, 0) is 60.9 Å². The molecule has 4 aromatic rings. The highest BCUT2D eigenvalue weighted by atomic mass is 32.2. The summed E-state index contributed by atoms with van der Waals surface area (Å²) in [5, 5.41) is 20.3. The number of aromatic nitrogens is 2. The number of nitrogens with zero attached hydrogens (tertiary/aromatic N) is 3. The fourth-order valence-corrected chi connectivity index (χ4v) is 7.27. The summed E-state index contributed by atoms with van der Waals surface area (Å²) in [5.41, 5.74) is 1.14. The number of aliphatic hydroxyl groups is 1. The minimum Gasteiger partial charge on any atom is -0.507 e. The van der Waals surface area contributed by atoms with E-state index in [1.807, 2.05) is 6.92 Å². The average molecular weight is 692 g/mol. The van der Waals surface area contributed by atoms with Crippen LogP contribution in [0.5, 0.6) is 23.0 Å². The number of rotatable bonds is 13. The summed E-state index contributed by atoms with van der Waals surface area (Å²) < 4.78 is 38.0. The first-order chi connectivity index (χ1) is 23.4. The van der Waals surface area contributed by atoms with Crippen LogP contribution in [-0.2, 0) is 15.3 Å². The second-order valence-corrected chi connectivity index (χ2v) is 13.1. The molecule has 48 heavy (non-hydrogen) atoms. The number of aliphatic hydroxyl groups excluding tert-OH is 1. The number of fused-ring (bicyclic) bond motifs is 1. The zero-order valence-corrected chi connectivity index (χ0v) is 28.1. The summed E-state index contributed by atoms with van der Waals surface area (Å²) in [6.45, 7) is 5.56. The van der Waals surface area contributed by atoms with Crippen LogP contribution in [0.4, 0.5) is 9.52 Å². The van der Waals surface area contributed by atoms with Crippen molar-refractivity contribution in [2.75, 3.05) is 31.3 Å². The quantitative estimate of drug-likeness (QED) is 0.0381. The second-order valence-electron chi connectivity index (χ2n) is 11.0. The van der Waals surface area contributed by atoms with Crippen LogP contribution in [0.2, 0.25) is 0 Å². The van der Waals surface area contributed by atoms with Gasteiger partial charge in [0.05, 0.1) is 24.8 Å². The number of benzene rings is 3. The molecule has 1 saturated heterocycles. The second kappa shape index (κ2) is 15.1. The Kier molecular flexibility index (Phi) is 10.5. The van der Waals surface area contributed by atoms with E-state index in [4.69, 9.17) is 18.9 Å². The molecule has 3 aromatic carbocycles. The van der Waals surface area contributed by atoms with Crippen LogP contribution < -0.4 is 23.8 Å². The number of ketones is 1. The lowest BCUT2D eigenvalue weighted by molar-refractivity contribution is -0.132. The molecule has 0 aliphatic carbocycles. The highest BCUT2D eigenvalue weighted by Gasteiger charge is 2.48. The number of hydrogen-bond donors (Lipinski definition) is 1. The maximum absolute atomic E-state index is 14.2. The molecule has 6 rings (SSSR count). The average Bonchev–Trinajstić information content (AvgIpc) is 3.67. The van der Waals surface area contributed by atoms with Gasteiger partial charge in [0.15, 0.2) is 27.3 Å². The van der Waals surface area contributed by atoms with Gasteiger partial charge in [0.1, 0.15) is 24.8 Å². The van der Waals surface area contributed by atoms with Gasteiger partial charge in [0.2, 0.25) is 5.13 Å². The van der Waals surface area contributed by atoms with Crippen LogP contribution in [-0.4, -0.2) is 53.4 Å². The predicted molar refractivity (Wildman–Crippen MR) is 181 cm³/mol. The van der Waals surface area contributed by atoms with E-state index in [9.17, 15) is 19.1 Å². The summed E-state index contributed by atoms with van der Waals surface area (Å²) in [6.07, 6.45) is 2.96. The van der Waals surface area contributed by atoms with Crippen LogP contribution in [0.15, 0.2) is 70.6 Å². The number of Topliss-reactive ketones (excluding diaryl/α,β-unsaturated/α-hetero) is 1. The fourth-order valence-electron chi connectivity index (χ4n) is 5.42. The van der Waals surface area contributed by atoms with E-state index in [1.54, 1.807) is 54.6 Å². The molecule has 1 N–H and O–H groups in total. The van der Waals surface area contributed by atoms with Gasteiger partial charge >= 0.3 is 5.91 Å². The van der Waals surface area contributed by atoms with Gasteiger partial charge < -0.3 is 24.1 Å². The summed E-state index contributed by atoms with van der Waals surface area (Å²) in [5.74, 6) is -0.278. The van der Waals surface area contributed by atoms with E-state index < -0.39 is 17.7 Å². The minimum absolute atomic E-state index is 0.133. The van der Waals surface area contributed by atoms with Crippen molar-refractivity contribution >= 4 is 45.7 Å². The molecule has 10 nitrogen and oxygen atoms in total. The Hall–Kier alpha value is -4.62. The van der Waals surface area contributed by atoms with Gasteiger partial charge in [0.25, 0.3) is 5.78 Å². The maximum Gasteiger partial charge on any atom is 0.301 e. The Bertz CT molecular complexity index is 1850. The minimum atomic E-state index is -1.08. The third-order valence-corrected chi connectivity index (χ3v) is 9.86. The lowest BCUT2D eigenvalue weighted by Gasteiger charge is -2.24. The van der Waals surface area contributed by atoms with E-state index in [1.165, 1.54) is 22.7 Å². The number of amides is 1. The maximum atomic E-state index is 14.2. The van der Waals surface area contributed by atoms with E-state index in [0.29, 0.717) is 70.6 Å². The molecule has 0 bridgehead atoms. The van der Waals surface area contributed by atoms with Crippen molar-refractivity contribution in [3.8, 4) is 23.0 Å². The first-order valence-corrected chi connectivity index (χ1v) is 17.5. The monoisotopic (exact) mass is 691 g/mol. The number of carbonyl (C=O) groups is 2. The molecule has 0 radical (unpaired) electrons. The molecule has 1 aromatic heterocycles. The summed E-state index contributed by atoms with van der Waals surface area (Å²) in [6, 6.07) is 15.4. The van der Waals surface area contributed by atoms with Crippen LogP contribution >= 0.6 is 23.1 Å². The Morgan fingerprint density at radius 1 is 1.00 bits per heavy atom. The molecular formula is C35H34FN3O7S2. The van der Waals surface area contributed by atoms with Crippen LogP contribution in [0.25, 0.3) is 5.76 Å². The molecule has 0 spiro atoms. The zero-order chi connectivity index (χ0) is 33.6. The topological polar surface area (TPSA) is 120 Å². The van der Waals surface area contributed by atoms with E-state index in [2.05, 4.69) is 17.1 Å². The predicted octanol–water partition coefficient (Wildman–Crippen LogP) is 7.33. The van der Waals surface area contributed by atoms with Crippen molar-refractivity contribution in [2.24, 2.45) is 0 Å². The van der Waals surface area contributed by atoms with Gasteiger partial charge in [-0.2, -0.15) is 0 Å². The fraction of sp³-hybridized carbons (Fsp3) is 0.314. The van der Waals surface area contributed by atoms with Crippen LogP contribution in [0, 0.1) is 5.82 Å². The standard InChI is InChI=1S/C35H34FN3O7S2/c1-3-5-8-15-44-25-13-11-21(18-27(25)43-4-2)30-29(31(40)22-12-14-26-28(19-22)46-17-16-45-26)32(41)33(42)39(30)34-37-38-35(48-34)47-20-23-9-6-7-10-24(23)36/h6-7,9-14,18-19,30,40H,3-5,8,15-17,20H2,1-2H3/t30-/m1/s1. The van der Waals surface area contributed by atoms with Gasteiger partial charge in [-0.3, -0.25) is 14.5 Å². The van der Waals surface area contributed by atoms with Gasteiger partial charge in [-0.25, -0.2) is 4.39 Å². The number of hydrogen-bond acceptors (Lipinski definition) is 11. The van der Waals surface area contributed by atoms with Gasteiger partial charge in [0, 0.05) is 11.3 Å². The highest BCUT2D eigenvalue weighted by molar-refractivity contribution is 8.00. The molecule has 1 amide bonds. The molecule has 1 fully saturated rings. The molecule has 0 unspecified atom stereocenters. The molecule has 13 heteroatoms. The third-order valence-electron chi connectivity index (χ3n) is 7.76. The number of unbranched alkanes of at least 4 members (excludes halogenated alkanes) is 2. The van der Waals surface area contributed by atoms with Crippen LogP contribution in [0.1, 0.15) is 55.8 Å². The number of thioether (sulfide) groups is 1. The van der Waals surface area contributed by atoms with E-state index in [-0.39, 0.29) is 27.8 Å². The van der Waals surface area contributed by atoms with Gasteiger partial charge in [-0.15, -0.1) is 10.2 Å². The molecular weight excluding hydrogens is 658 g/mol. The van der Waals surface area contributed by atoms with Crippen molar-refractivity contribution < 1.29 is 38.0 Å². The van der Waals surface area contributed by atoms with Crippen molar-refractivity contribution in [1.29, 1.82) is 0 Å². The van der Waals surface area contributed by atoms with E-state index in [0.717, 1.165) is 30.6 Å².